The highest BCUT2D eigenvalue weighted by Crippen LogP contribution is 2.45. The molecule has 1 saturated carbocycles. The standard InChI is InChI=1S/C32H34F3N7O3/c1-18(19-7-11-21(12-8-19)29-40-23(16-42(29)5)32(33,34)35)39-27-22(13-14-24(43)45-31(2,3)4)15-36-28(41-27)25-26(20-9-10-20)37-17-38-30(25)44-6/h7-8,11-18,20H,9-10H2,1-6H3,(H,36,39,41)/b14-13+. The van der Waals surface area contributed by atoms with Gasteiger partial charge in [0.1, 0.15) is 29.1 Å². The van der Waals surface area contributed by atoms with E-state index in [0.717, 1.165) is 30.3 Å². The Labute approximate surface area is 258 Å². The van der Waals surface area contributed by atoms with Crippen LogP contribution in [0.3, 0.4) is 0 Å². The Morgan fingerprint density at radius 1 is 1.09 bits per heavy atom. The van der Waals surface area contributed by atoms with Crippen molar-refractivity contribution in [2.45, 2.75) is 64.3 Å². The Kier molecular flexibility index (Phi) is 8.63. The summed E-state index contributed by atoms with van der Waals surface area (Å²) in [6.07, 6.45) is 4.39. The van der Waals surface area contributed by atoms with Gasteiger partial charge in [0, 0.05) is 48.6 Å². The van der Waals surface area contributed by atoms with Gasteiger partial charge in [-0.3, -0.25) is 0 Å². The summed E-state index contributed by atoms with van der Waals surface area (Å²) in [4.78, 5) is 34.4. The molecule has 45 heavy (non-hydrogen) atoms. The summed E-state index contributed by atoms with van der Waals surface area (Å²) in [7, 11) is 3.05. The SMILES string of the molecule is COc1ncnc(C2CC2)c1-c1ncc(/C=C/C(=O)OC(C)(C)C)c(NC(C)c2ccc(-c3nc(C(F)(F)F)cn3C)cc2)n1. The normalized spacial score (nSPS) is 14.4. The first-order valence-electron chi connectivity index (χ1n) is 14.4. The zero-order chi connectivity index (χ0) is 32.5. The van der Waals surface area contributed by atoms with Crippen LogP contribution in [-0.2, 0) is 22.8 Å². The molecule has 0 spiro atoms. The van der Waals surface area contributed by atoms with Crippen molar-refractivity contribution in [3.05, 3.63) is 71.6 Å². The van der Waals surface area contributed by atoms with Crippen molar-refractivity contribution in [2.24, 2.45) is 7.05 Å². The van der Waals surface area contributed by atoms with Crippen LogP contribution >= 0.6 is 0 Å². The number of alkyl halides is 3. The lowest BCUT2D eigenvalue weighted by Gasteiger charge is -2.19. The highest BCUT2D eigenvalue weighted by molar-refractivity contribution is 5.88. The van der Waals surface area contributed by atoms with Crippen molar-refractivity contribution in [1.82, 2.24) is 29.5 Å². The highest BCUT2D eigenvalue weighted by Gasteiger charge is 2.35. The quantitative estimate of drug-likeness (QED) is 0.160. The monoisotopic (exact) mass is 621 g/mol. The number of imidazole rings is 1. The van der Waals surface area contributed by atoms with Gasteiger partial charge in [-0.2, -0.15) is 13.2 Å². The smallest absolute Gasteiger partial charge is 0.434 e. The van der Waals surface area contributed by atoms with Gasteiger partial charge in [0.2, 0.25) is 5.88 Å². The van der Waals surface area contributed by atoms with Gasteiger partial charge < -0.3 is 19.4 Å². The molecule has 0 amide bonds. The van der Waals surface area contributed by atoms with Crippen molar-refractivity contribution in [1.29, 1.82) is 0 Å². The minimum Gasteiger partial charge on any atom is -0.480 e. The molecule has 1 atom stereocenters. The topological polar surface area (TPSA) is 117 Å². The number of benzene rings is 1. The average molecular weight is 622 g/mol. The van der Waals surface area contributed by atoms with Crippen molar-refractivity contribution < 1.29 is 27.4 Å². The number of rotatable bonds is 9. The number of esters is 1. The van der Waals surface area contributed by atoms with E-state index in [1.807, 2.05) is 19.1 Å². The van der Waals surface area contributed by atoms with E-state index in [0.29, 0.717) is 34.2 Å². The fourth-order valence-corrected chi connectivity index (χ4v) is 4.74. The molecular formula is C32H34F3N7O3. The Morgan fingerprint density at radius 3 is 2.40 bits per heavy atom. The van der Waals surface area contributed by atoms with E-state index in [-0.39, 0.29) is 17.8 Å². The molecule has 13 heteroatoms. The van der Waals surface area contributed by atoms with Gasteiger partial charge in [0.05, 0.1) is 12.8 Å². The summed E-state index contributed by atoms with van der Waals surface area (Å²) in [6.45, 7) is 7.27. The van der Waals surface area contributed by atoms with Crippen molar-refractivity contribution in [3.8, 4) is 28.7 Å². The molecule has 1 unspecified atom stereocenters. The molecule has 1 aliphatic carbocycles. The van der Waals surface area contributed by atoms with Crippen LogP contribution in [0.15, 0.2) is 49.1 Å². The number of nitrogens with zero attached hydrogens (tertiary/aromatic N) is 6. The third kappa shape index (κ3) is 7.47. The Hall–Kier alpha value is -4.81. The number of methoxy groups -OCH3 is 1. The molecule has 1 aliphatic rings. The molecular weight excluding hydrogens is 587 g/mol. The molecule has 1 aromatic carbocycles. The number of carbonyl (C=O) groups excluding carboxylic acids is 1. The summed E-state index contributed by atoms with van der Waals surface area (Å²) in [5.74, 6) is 1.12. The molecule has 3 heterocycles. The van der Waals surface area contributed by atoms with Gasteiger partial charge in [-0.05, 0) is 52.2 Å². The predicted molar refractivity (Wildman–Crippen MR) is 162 cm³/mol. The van der Waals surface area contributed by atoms with Crippen molar-refractivity contribution in [3.63, 3.8) is 0 Å². The number of carbonyl (C=O) groups is 1. The van der Waals surface area contributed by atoms with E-state index in [2.05, 4.69) is 25.3 Å². The minimum atomic E-state index is -4.53. The maximum Gasteiger partial charge on any atom is 0.434 e. The third-order valence-corrected chi connectivity index (χ3v) is 7.03. The number of aryl methyl sites for hydroxylation is 1. The van der Waals surface area contributed by atoms with E-state index in [9.17, 15) is 18.0 Å². The maximum absolute atomic E-state index is 13.2. The Bertz CT molecular complexity index is 1720. The van der Waals surface area contributed by atoms with E-state index >= 15 is 0 Å². The molecule has 5 rings (SSSR count). The molecule has 4 aromatic rings. The first kappa shape index (κ1) is 31.6. The van der Waals surface area contributed by atoms with Gasteiger partial charge in [0.25, 0.3) is 0 Å². The first-order valence-corrected chi connectivity index (χ1v) is 14.4. The van der Waals surface area contributed by atoms with Crippen LogP contribution < -0.4 is 10.1 Å². The van der Waals surface area contributed by atoms with Crippen LogP contribution in [0.2, 0.25) is 0 Å². The summed E-state index contributed by atoms with van der Waals surface area (Å²) < 4.78 is 51.9. The minimum absolute atomic E-state index is 0.204. The number of nitrogens with one attached hydrogen (secondary N) is 1. The number of ether oxygens (including phenoxy) is 2. The fourth-order valence-electron chi connectivity index (χ4n) is 4.74. The number of halogens is 3. The molecule has 0 aliphatic heterocycles. The fraction of sp³-hybridized carbons (Fsp3) is 0.375. The van der Waals surface area contributed by atoms with Gasteiger partial charge in [-0.25, -0.2) is 29.7 Å². The second-order valence-electron chi connectivity index (χ2n) is 11.8. The second kappa shape index (κ2) is 12.3. The van der Waals surface area contributed by atoms with Gasteiger partial charge in [-0.1, -0.05) is 24.3 Å². The molecule has 1 fully saturated rings. The Balaban J connectivity index is 1.47. The van der Waals surface area contributed by atoms with Crippen LogP contribution in [0.4, 0.5) is 19.0 Å². The predicted octanol–water partition coefficient (Wildman–Crippen LogP) is 6.77. The highest BCUT2D eigenvalue weighted by atomic mass is 19.4. The summed E-state index contributed by atoms with van der Waals surface area (Å²) in [5.41, 5.74) is 1.73. The molecule has 0 saturated heterocycles. The van der Waals surface area contributed by atoms with E-state index in [1.54, 1.807) is 45.2 Å². The average Bonchev–Trinajstić information content (AvgIpc) is 3.75. The number of hydrogen-bond donors (Lipinski definition) is 1. The van der Waals surface area contributed by atoms with Crippen LogP contribution in [0.5, 0.6) is 5.88 Å². The second-order valence-corrected chi connectivity index (χ2v) is 11.8. The molecule has 0 bridgehead atoms. The summed E-state index contributed by atoms with van der Waals surface area (Å²) in [5, 5.41) is 3.40. The van der Waals surface area contributed by atoms with Crippen LogP contribution in [0.1, 0.15) is 75.0 Å². The van der Waals surface area contributed by atoms with Gasteiger partial charge in [0.15, 0.2) is 11.5 Å². The number of aromatic nitrogens is 6. The largest absolute Gasteiger partial charge is 0.480 e. The lowest BCUT2D eigenvalue weighted by atomic mass is 10.1. The number of anilines is 1. The Morgan fingerprint density at radius 2 is 1.80 bits per heavy atom. The molecule has 0 radical (unpaired) electrons. The van der Waals surface area contributed by atoms with Crippen molar-refractivity contribution in [2.75, 3.05) is 12.4 Å². The molecule has 1 N–H and O–H groups in total. The maximum atomic E-state index is 13.2. The first-order chi connectivity index (χ1) is 21.2. The zero-order valence-electron chi connectivity index (χ0n) is 25.8. The number of hydrogen-bond acceptors (Lipinski definition) is 9. The lowest BCUT2D eigenvalue weighted by molar-refractivity contribution is -0.148. The summed E-state index contributed by atoms with van der Waals surface area (Å²) >= 11 is 0. The lowest BCUT2D eigenvalue weighted by Crippen LogP contribution is -2.22. The van der Waals surface area contributed by atoms with Gasteiger partial charge >= 0.3 is 12.1 Å². The molecule has 10 nitrogen and oxygen atoms in total. The van der Waals surface area contributed by atoms with E-state index < -0.39 is 23.4 Å². The zero-order valence-corrected chi connectivity index (χ0v) is 25.8. The van der Waals surface area contributed by atoms with E-state index in [1.165, 1.54) is 31.1 Å². The molecule has 3 aromatic heterocycles. The summed E-state index contributed by atoms with van der Waals surface area (Å²) in [6, 6.07) is 6.76. The van der Waals surface area contributed by atoms with Crippen molar-refractivity contribution >= 4 is 17.9 Å². The van der Waals surface area contributed by atoms with E-state index in [4.69, 9.17) is 14.5 Å². The van der Waals surface area contributed by atoms with Crippen LogP contribution in [0, 0.1) is 0 Å². The van der Waals surface area contributed by atoms with Crippen LogP contribution in [-0.4, -0.2) is 48.2 Å². The van der Waals surface area contributed by atoms with Crippen LogP contribution in [0.25, 0.3) is 28.9 Å². The third-order valence-electron chi connectivity index (χ3n) is 7.03. The molecule has 236 valence electrons. The van der Waals surface area contributed by atoms with Gasteiger partial charge in [-0.15, -0.1) is 0 Å².